The van der Waals surface area contributed by atoms with Crippen LogP contribution >= 0.6 is 0 Å². The van der Waals surface area contributed by atoms with Crippen LogP contribution in [0.1, 0.15) is 34.5 Å². The molecule has 0 aliphatic heterocycles. The van der Waals surface area contributed by atoms with Gasteiger partial charge in [0.25, 0.3) is 0 Å². The predicted molar refractivity (Wildman–Crippen MR) is 95.0 cm³/mol. The van der Waals surface area contributed by atoms with Gasteiger partial charge in [0.15, 0.2) is 0 Å². The molecule has 0 fully saturated rings. The highest BCUT2D eigenvalue weighted by molar-refractivity contribution is 5.93. The average molecular weight is 353 g/mol. The number of nitrogens with zero attached hydrogens (tertiary/aromatic N) is 4. The predicted octanol–water partition coefficient (Wildman–Crippen LogP) is 2.33. The summed E-state index contributed by atoms with van der Waals surface area (Å²) in [5, 5.41) is 19.9. The van der Waals surface area contributed by atoms with Gasteiger partial charge in [0.2, 0.25) is 5.91 Å². The smallest absolute Gasteiger partial charge is 0.338 e. The highest BCUT2D eigenvalue weighted by Crippen LogP contribution is 2.14. The highest BCUT2D eigenvalue weighted by Gasteiger charge is 2.18. The summed E-state index contributed by atoms with van der Waals surface area (Å²) in [5.41, 5.74) is 2.94. The van der Waals surface area contributed by atoms with Crippen LogP contribution in [0.25, 0.3) is 0 Å². The molecule has 0 aliphatic carbocycles. The lowest BCUT2D eigenvalue weighted by Gasteiger charge is -2.11. The Morgan fingerprint density at radius 1 is 1.19 bits per heavy atom. The molecule has 2 heterocycles. The highest BCUT2D eigenvalue weighted by atomic mass is 16.4. The third-order valence-electron chi connectivity index (χ3n) is 4.12. The van der Waals surface area contributed by atoms with Crippen molar-refractivity contribution in [3.05, 3.63) is 65.7 Å². The second-order valence-electron chi connectivity index (χ2n) is 6.03. The van der Waals surface area contributed by atoms with Crippen molar-refractivity contribution < 1.29 is 14.7 Å². The lowest BCUT2D eigenvalue weighted by molar-refractivity contribution is -0.119. The summed E-state index contributed by atoms with van der Waals surface area (Å²) >= 11 is 0. The maximum absolute atomic E-state index is 12.4. The Morgan fingerprint density at radius 2 is 1.96 bits per heavy atom. The number of carboxylic acid groups (broad SMARTS) is 1. The fourth-order valence-electron chi connectivity index (χ4n) is 2.50. The van der Waals surface area contributed by atoms with Crippen LogP contribution in [0.4, 0.5) is 5.69 Å². The van der Waals surface area contributed by atoms with Crippen LogP contribution in [0.2, 0.25) is 0 Å². The van der Waals surface area contributed by atoms with Gasteiger partial charge in [-0.2, -0.15) is 10.2 Å². The van der Waals surface area contributed by atoms with Crippen molar-refractivity contribution >= 4 is 17.6 Å². The van der Waals surface area contributed by atoms with Crippen molar-refractivity contribution in [2.45, 2.75) is 26.4 Å². The fraction of sp³-hybridized carbons (Fsp3) is 0.222. The first-order valence-corrected chi connectivity index (χ1v) is 8.09. The summed E-state index contributed by atoms with van der Waals surface area (Å²) in [6.07, 6.45) is 5.87. The molecule has 8 nitrogen and oxygen atoms in total. The second-order valence-corrected chi connectivity index (χ2v) is 6.03. The summed E-state index contributed by atoms with van der Waals surface area (Å²) in [4.78, 5) is 23.3. The van der Waals surface area contributed by atoms with E-state index in [0.717, 1.165) is 5.56 Å². The number of benzene rings is 1. The third kappa shape index (κ3) is 3.80. The Labute approximate surface area is 150 Å². The number of nitrogens with one attached hydrogen (secondary N) is 1. The number of aryl methyl sites for hydroxylation is 1. The Balaban J connectivity index is 1.65. The minimum absolute atomic E-state index is 0.0377. The van der Waals surface area contributed by atoms with E-state index in [1.807, 2.05) is 31.2 Å². The Kier molecular flexibility index (Phi) is 4.83. The molecule has 0 aliphatic rings. The van der Waals surface area contributed by atoms with Gasteiger partial charge in [-0.1, -0.05) is 24.3 Å². The third-order valence-corrected chi connectivity index (χ3v) is 4.12. The summed E-state index contributed by atoms with van der Waals surface area (Å²) < 4.78 is 3.07. The molecule has 1 unspecified atom stereocenters. The zero-order valence-corrected chi connectivity index (χ0v) is 14.5. The molecular formula is C18H19N5O3. The molecule has 0 saturated heterocycles. The van der Waals surface area contributed by atoms with Crippen molar-refractivity contribution in [3.63, 3.8) is 0 Å². The number of hydrogen-bond acceptors (Lipinski definition) is 4. The number of carbonyl (C=O) groups excluding carboxylic acids is 1. The van der Waals surface area contributed by atoms with Crippen molar-refractivity contribution in [2.75, 3.05) is 5.32 Å². The number of carbonyl (C=O) groups is 2. The van der Waals surface area contributed by atoms with E-state index in [2.05, 4.69) is 15.5 Å². The topological polar surface area (TPSA) is 102 Å². The minimum Gasteiger partial charge on any atom is -0.478 e. The van der Waals surface area contributed by atoms with Gasteiger partial charge in [-0.15, -0.1) is 0 Å². The molecule has 1 atom stereocenters. The largest absolute Gasteiger partial charge is 0.478 e. The quantitative estimate of drug-likeness (QED) is 0.708. The first-order valence-electron chi connectivity index (χ1n) is 8.09. The molecule has 8 heteroatoms. The van der Waals surface area contributed by atoms with E-state index in [1.165, 1.54) is 22.6 Å². The first kappa shape index (κ1) is 17.4. The molecule has 3 aromatic rings. The molecule has 2 N–H and O–H groups in total. The Bertz CT molecular complexity index is 944. The van der Waals surface area contributed by atoms with Crippen LogP contribution < -0.4 is 5.32 Å². The lowest BCUT2D eigenvalue weighted by atomic mass is 10.1. The number of aromatic nitrogens is 4. The molecule has 0 bridgehead atoms. The Hall–Kier alpha value is -3.42. The fourth-order valence-corrected chi connectivity index (χ4v) is 2.50. The molecular weight excluding hydrogens is 334 g/mol. The van der Waals surface area contributed by atoms with Crippen molar-refractivity contribution in [1.29, 1.82) is 0 Å². The van der Waals surface area contributed by atoms with E-state index in [0.29, 0.717) is 12.2 Å². The van der Waals surface area contributed by atoms with Crippen LogP contribution in [-0.2, 0) is 11.3 Å². The van der Waals surface area contributed by atoms with E-state index in [9.17, 15) is 9.59 Å². The molecule has 0 saturated carbocycles. The van der Waals surface area contributed by atoms with Crippen LogP contribution in [0.3, 0.4) is 0 Å². The van der Waals surface area contributed by atoms with Crippen LogP contribution in [0, 0.1) is 6.92 Å². The van der Waals surface area contributed by atoms with E-state index in [4.69, 9.17) is 5.11 Å². The zero-order chi connectivity index (χ0) is 18.7. The standard InChI is InChI=1S/C18H19N5O3/c1-12-5-3-4-6-14(12)9-22-11-16(8-19-22)21-17(24)13(2)23-10-15(7-20-23)18(25)26/h3-8,10-11,13H,9H2,1-2H3,(H,21,24)(H,25,26). The van der Waals surface area contributed by atoms with E-state index in [-0.39, 0.29) is 11.5 Å². The SMILES string of the molecule is Cc1ccccc1Cn1cc(NC(=O)C(C)n2cc(C(=O)O)cn2)cn1. The van der Waals surface area contributed by atoms with Crippen LogP contribution in [-0.4, -0.2) is 36.5 Å². The molecule has 26 heavy (non-hydrogen) atoms. The number of aromatic carboxylic acids is 1. The second kappa shape index (κ2) is 7.22. The van der Waals surface area contributed by atoms with Gasteiger partial charge >= 0.3 is 5.97 Å². The van der Waals surface area contributed by atoms with Gasteiger partial charge in [-0.25, -0.2) is 4.79 Å². The van der Waals surface area contributed by atoms with Gasteiger partial charge in [-0.05, 0) is 25.0 Å². The van der Waals surface area contributed by atoms with Crippen molar-refractivity contribution in [3.8, 4) is 0 Å². The van der Waals surface area contributed by atoms with Crippen LogP contribution in [0.5, 0.6) is 0 Å². The molecule has 1 aromatic carbocycles. The normalized spacial score (nSPS) is 11.9. The number of hydrogen-bond donors (Lipinski definition) is 2. The number of rotatable bonds is 6. The number of anilines is 1. The summed E-state index contributed by atoms with van der Waals surface area (Å²) in [6.45, 7) is 4.30. The van der Waals surface area contributed by atoms with Gasteiger partial charge in [0, 0.05) is 12.4 Å². The number of carboxylic acids is 1. The monoisotopic (exact) mass is 353 g/mol. The molecule has 1 amide bonds. The molecule has 2 aromatic heterocycles. The Morgan fingerprint density at radius 3 is 2.65 bits per heavy atom. The van der Waals surface area contributed by atoms with Gasteiger partial charge in [0.05, 0.1) is 30.2 Å². The molecule has 0 spiro atoms. The van der Waals surface area contributed by atoms with Gasteiger partial charge in [-0.3, -0.25) is 14.2 Å². The first-order chi connectivity index (χ1) is 12.4. The maximum Gasteiger partial charge on any atom is 0.338 e. The summed E-state index contributed by atoms with van der Waals surface area (Å²) in [7, 11) is 0. The van der Waals surface area contributed by atoms with Gasteiger partial charge < -0.3 is 10.4 Å². The van der Waals surface area contributed by atoms with Crippen LogP contribution in [0.15, 0.2) is 49.1 Å². The van der Waals surface area contributed by atoms with E-state index < -0.39 is 12.0 Å². The zero-order valence-electron chi connectivity index (χ0n) is 14.5. The molecule has 0 radical (unpaired) electrons. The van der Waals surface area contributed by atoms with Crippen molar-refractivity contribution in [1.82, 2.24) is 19.6 Å². The summed E-state index contributed by atoms with van der Waals surface area (Å²) in [6, 6.07) is 7.39. The number of amides is 1. The molecule has 134 valence electrons. The van der Waals surface area contributed by atoms with Crippen molar-refractivity contribution in [2.24, 2.45) is 0 Å². The summed E-state index contributed by atoms with van der Waals surface area (Å²) in [5.74, 6) is -1.39. The maximum atomic E-state index is 12.4. The van der Waals surface area contributed by atoms with Gasteiger partial charge in [0.1, 0.15) is 6.04 Å². The van der Waals surface area contributed by atoms with E-state index in [1.54, 1.807) is 24.0 Å². The average Bonchev–Trinajstić information content (AvgIpc) is 3.26. The minimum atomic E-state index is -1.08. The molecule has 3 rings (SSSR count). The van der Waals surface area contributed by atoms with E-state index >= 15 is 0 Å². The lowest BCUT2D eigenvalue weighted by Crippen LogP contribution is -2.23.